The molecule has 0 aliphatic carbocycles. The van der Waals surface area contributed by atoms with Gasteiger partial charge in [-0.1, -0.05) is 11.6 Å². The van der Waals surface area contributed by atoms with Gasteiger partial charge in [0.15, 0.2) is 0 Å². The van der Waals surface area contributed by atoms with Crippen LogP contribution in [0.1, 0.15) is 19.3 Å². The molecule has 0 aliphatic heterocycles. The molecule has 0 fully saturated rings. The first-order chi connectivity index (χ1) is 9.22. The molecule has 2 rings (SSSR count). The van der Waals surface area contributed by atoms with E-state index in [1.807, 2.05) is 6.07 Å². The van der Waals surface area contributed by atoms with Crippen molar-refractivity contribution in [3.63, 3.8) is 0 Å². The second kappa shape index (κ2) is 6.50. The number of aliphatic hydroxyl groups excluding tert-OH is 1. The van der Waals surface area contributed by atoms with E-state index in [4.69, 9.17) is 16.7 Å². The number of carbonyl (C=O) groups is 1. The van der Waals surface area contributed by atoms with E-state index in [0.29, 0.717) is 35.5 Å². The lowest BCUT2D eigenvalue weighted by atomic mass is 10.1. The number of aliphatic hydroxyl groups is 1. The molecule has 1 aromatic carbocycles. The van der Waals surface area contributed by atoms with E-state index in [1.165, 1.54) is 0 Å². The lowest BCUT2D eigenvalue weighted by molar-refractivity contribution is -0.116. The van der Waals surface area contributed by atoms with Crippen LogP contribution in [0.5, 0.6) is 0 Å². The minimum Gasteiger partial charge on any atom is -0.396 e. The summed E-state index contributed by atoms with van der Waals surface area (Å²) in [6.07, 6.45) is 3.35. The number of halogens is 1. The average molecular weight is 279 g/mol. The van der Waals surface area contributed by atoms with Crippen molar-refractivity contribution in [2.75, 3.05) is 11.9 Å². The summed E-state index contributed by atoms with van der Waals surface area (Å²) in [4.78, 5) is 16.0. The van der Waals surface area contributed by atoms with E-state index in [2.05, 4.69) is 10.3 Å². The summed E-state index contributed by atoms with van der Waals surface area (Å²) < 4.78 is 0. The number of fused-ring (bicyclic) bond motifs is 1. The Kier molecular flexibility index (Phi) is 4.71. The lowest BCUT2D eigenvalue weighted by Gasteiger charge is -2.08. The molecule has 5 heteroatoms. The van der Waals surface area contributed by atoms with Crippen molar-refractivity contribution < 1.29 is 9.90 Å². The Morgan fingerprint density at radius 1 is 1.32 bits per heavy atom. The number of benzene rings is 1. The monoisotopic (exact) mass is 278 g/mol. The Morgan fingerprint density at radius 3 is 2.95 bits per heavy atom. The van der Waals surface area contributed by atoms with Crippen LogP contribution in [0.15, 0.2) is 30.5 Å². The molecule has 1 amide bonds. The molecular weight excluding hydrogens is 264 g/mol. The Morgan fingerprint density at radius 2 is 2.16 bits per heavy atom. The molecule has 1 aromatic heterocycles. The third-order valence-corrected chi connectivity index (χ3v) is 3.13. The van der Waals surface area contributed by atoms with Gasteiger partial charge in [-0.25, -0.2) is 0 Å². The molecule has 0 saturated carbocycles. The number of nitrogens with one attached hydrogen (secondary N) is 1. The first kappa shape index (κ1) is 13.8. The van der Waals surface area contributed by atoms with Crippen LogP contribution in [0.25, 0.3) is 10.9 Å². The number of aromatic nitrogens is 1. The van der Waals surface area contributed by atoms with Gasteiger partial charge in [0.2, 0.25) is 5.91 Å². The van der Waals surface area contributed by atoms with Crippen LogP contribution in [0.3, 0.4) is 0 Å². The fourth-order valence-corrected chi connectivity index (χ4v) is 2.06. The van der Waals surface area contributed by atoms with Crippen LogP contribution in [-0.2, 0) is 4.79 Å². The molecule has 0 bridgehead atoms. The fraction of sp³-hybridized carbons (Fsp3) is 0.286. The van der Waals surface area contributed by atoms with E-state index >= 15 is 0 Å². The van der Waals surface area contributed by atoms with Gasteiger partial charge in [0, 0.05) is 24.6 Å². The fourth-order valence-electron chi connectivity index (χ4n) is 1.85. The van der Waals surface area contributed by atoms with E-state index < -0.39 is 0 Å². The Hall–Kier alpha value is -1.65. The number of rotatable bonds is 5. The molecule has 2 aromatic rings. The molecule has 0 aliphatic rings. The van der Waals surface area contributed by atoms with Gasteiger partial charge in [0.25, 0.3) is 0 Å². The number of anilines is 1. The van der Waals surface area contributed by atoms with Crippen LogP contribution in [-0.4, -0.2) is 22.6 Å². The molecule has 0 spiro atoms. The van der Waals surface area contributed by atoms with Crippen LogP contribution >= 0.6 is 11.6 Å². The molecule has 0 unspecified atom stereocenters. The molecule has 4 nitrogen and oxygen atoms in total. The zero-order valence-electron chi connectivity index (χ0n) is 10.4. The summed E-state index contributed by atoms with van der Waals surface area (Å²) >= 11 is 6.09. The second-order valence-electron chi connectivity index (χ2n) is 4.22. The zero-order chi connectivity index (χ0) is 13.7. The van der Waals surface area contributed by atoms with Gasteiger partial charge in [-0.05, 0) is 37.1 Å². The summed E-state index contributed by atoms with van der Waals surface area (Å²) in [6.45, 7) is 0.110. The quantitative estimate of drug-likeness (QED) is 0.827. The Labute approximate surface area is 116 Å². The van der Waals surface area contributed by atoms with Gasteiger partial charge in [-0.15, -0.1) is 0 Å². The Bertz CT molecular complexity index is 587. The predicted octanol–water partition coefficient (Wildman–Crippen LogP) is 2.99. The molecule has 19 heavy (non-hydrogen) atoms. The maximum atomic E-state index is 11.8. The van der Waals surface area contributed by atoms with Crippen LogP contribution in [0.4, 0.5) is 5.69 Å². The average Bonchev–Trinajstić information content (AvgIpc) is 2.43. The molecule has 2 N–H and O–H groups in total. The van der Waals surface area contributed by atoms with Crippen LogP contribution in [0, 0.1) is 0 Å². The largest absolute Gasteiger partial charge is 0.396 e. The molecule has 0 saturated heterocycles. The summed E-state index contributed by atoms with van der Waals surface area (Å²) in [6, 6.07) is 7.17. The van der Waals surface area contributed by atoms with Crippen LogP contribution < -0.4 is 5.32 Å². The normalized spacial score (nSPS) is 10.6. The van der Waals surface area contributed by atoms with Gasteiger partial charge in [-0.3, -0.25) is 9.78 Å². The van der Waals surface area contributed by atoms with Crippen LogP contribution in [0.2, 0.25) is 5.02 Å². The number of hydrogen-bond donors (Lipinski definition) is 2. The molecule has 100 valence electrons. The topological polar surface area (TPSA) is 62.2 Å². The number of hydrogen-bond acceptors (Lipinski definition) is 3. The SMILES string of the molecule is O=C(CCCCO)Nc1ccc(Cl)c2cccnc12. The van der Waals surface area contributed by atoms with Crippen molar-refractivity contribution in [3.05, 3.63) is 35.5 Å². The standard InChI is InChI=1S/C14H15ClN2O2/c15-11-6-7-12(14-10(11)4-3-8-16-14)17-13(19)5-1-2-9-18/h3-4,6-8,18H,1-2,5,9H2,(H,17,19). The van der Waals surface area contributed by atoms with E-state index in [0.717, 1.165) is 5.39 Å². The molecule has 0 atom stereocenters. The van der Waals surface area contributed by atoms with E-state index in [9.17, 15) is 4.79 Å². The van der Waals surface area contributed by atoms with E-state index in [1.54, 1.807) is 24.4 Å². The maximum Gasteiger partial charge on any atom is 0.224 e. The highest BCUT2D eigenvalue weighted by molar-refractivity contribution is 6.35. The van der Waals surface area contributed by atoms with Crippen molar-refractivity contribution >= 4 is 34.1 Å². The number of unbranched alkanes of at least 4 members (excludes halogenated alkanes) is 1. The van der Waals surface area contributed by atoms with Gasteiger partial charge in [0.1, 0.15) is 0 Å². The minimum atomic E-state index is -0.0808. The number of nitrogens with zero attached hydrogens (tertiary/aromatic N) is 1. The highest BCUT2D eigenvalue weighted by Gasteiger charge is 2.08. The first-order valence-corrected chi connectivity index (χ1v) is 6.54. The number of carbonyl (C=O) groups excluding carboxylic acids is 1. The number of amides is 1. The lowest BCUT2D eigenvalue weighted by Crippen LogP contribution is -2.11. The molecule has 1 heterocycles. The van der Waals surface area contributed by atoms with Gasteiger partial charge >= 0.3 is 0 Å². The summed E-state index contributed by atoms with van der Waals surface area (Å²) in [5.41, 5.74) is 1.35. The number of pyridine rings is 1. The van der Waals surface area contributed by atoms with Crippen molar-refractivity contribution in [1.82, 2.24) is 4.98 Å². The highest BCUT2D eigenvalue weighted by atomic mass is 35.5. The van der Waals surface area contributed by atoms with Crippen molar-refractivity contribution in [2.24, 2.45) is 0 Å². The molecular formula is C14H15ClN2O2. The van der Waals surface area contributed by atoms with Gasteiger partial charge in [-0.2, -0.15) is 0 Å². The summed E-state index contributed by atoms with van der Waals surface area (Å²) in [5.74, 6) is -0.0808. The minimum absolute atomic E-state index is 0.0808. The summed E-state index contributed by atoms with van der Waals surface area (Å²) in [7, 11) is 0. The predicted molar refractivity (Wildman–Crippen MR) is 76.3 cm³/mol. The van der Waals surface area contributed by atoms with Crippen molar-refractivity contribution in [2.45, 2.75) is 19.3 Å². The third kappa shape index (κ3) is 3.43. The van der Waals surface area contributed by atoms with Crippen molar-refractivity contribution in [1.29, 1.82) is 0 Å². The highest BCUT2D eigenvalue weighted by Crippen LogP contribution is 2.28. The van der Waals surface area contributed by atoms with Crippen molar-refractivity contribution in [3.8, 4) is 0 Å². The third-order valence-electron chi connectivity index (χ3n) is 2.80. The first-order valence-electron chi connectivity index (χ1n) is 6.16. The zero-order valence-corrected chi connectivity index (χ0v) is 11.2. The smallest absolute Gasteiger partial charge is 0.224 e. The Balaban J connectivity index is 2.17. The van der Waals surface area contributed by atoms with Gasteiger partial charge in [0.05, 0.1) is 16.2 Å². The second-order valence-corrected chi connectivity index (χ2v) is 4.63. The summed E-state index contributed by atoms with van der Waals surface area (Å²) in [5, 5.41) is 12.9. The molecule has 0 radical (unpaired) electrons. The van der Waals surface area contributed by atoms with Gasteiger partial charge < -0.3 is 10.4 Å². The van der Waals surface area contributed by atoms with E-state index in [-0.39, 0.29) is 12.5 Å². The maximum absolute atomic E-state index is 11.8.